The average molecular weight is 228 g/mol. The highest BCUT2D eigenvalue weighted by atomic mass is 16.4. The molecular formula is C15H16O2. The van der Waals surface area contributed by atoms with Crippen LogP contribution in [-0.2, 0) is 4.79 Å². The maximum atomic E-state index is 10.6. The Hall–Kier alpha value is -1.83. The molecule has 1 aliphatic carbocycles. The van der Waals surface area contributed by atoms with E-state index in [-0.39, 0.29) is 0 Å². The summed E-state index contributed by atoms with van der Waals surface area (Å²) in [6.45, 7) is 2.06. The number of rotatable bonds is 2. The van der Waals surface area contributed by atoms with E-state index in [9.17, 15) is 4.79 Å². The van der Waals surface area contributed by atoms with Gasteiger partial charge in [0.2, 0.25) is 0 Å². The van der Waals surface area contributed by atoms with Gasteiger partial charge in [-0.3, -0.25) is 0 Å². The van der Waals surface area contributed by atoms with E-state index in [2.05, 4.69) is 31.2 Å². The fourth-order valence-corrected chi connectivity index (χ4v) is 2.12. The Balaban J connectivity index is 2.29. The van der Waals surface area contributed by atoms with E-state index in [0.717, 1.165) is 24.8 Å². The first kappa shape index (κ1) is 11.6. The van der Waals surface area contributed by atoms with Crippen LogP contribution in [-0.4, -0.2) is 11.1 Å². The van der Waals surface area contributed by atoms with E-state index in [4.69, 9.17) is 5.11 Å². The highest BCUT2D eigenvalue weighted by Crippen LogP contribution is 2.29. The Kier molecular flexibility index (Phi) is 3.43. The molecule has 0 unspecified atom stereocenters. The molecule has 0 amide bonds. The molecule has 2 nitrogen and oxygen atoms in total. The number of carbonyl (C=O) groups is 1. The summed E-state index contributed by atoms with van der Waals surface area (Å²) in [6.07, 6.45) is 6.25. The first-order valence-electron chi connectivity index (χ1n) is 5.86. The van der Waals surface area contributed by atoms with Crippen LogP contribution in [0, 0.1) is 6.92 Å². The first-order chi connectivity index (χ1) is 8.15. The molecule has 1 aromatic carbocycles. The summed E-state index contributed by atoms with van der Waals surface area (Å²) in [6, 6.07) is 8.38. The minimum Gasteiger partial charge on any atom is -0.478 e. The molecule has 0 aliphatic heterocycles. The van der Waals surface area contributed by atoms with Gasteiger partial charge in [0.1, 0.15) is 0 Å². The summed E-state index contributed by atoms with van der Waals surface area (Å²) < 4.78 is 0. The molecule has 1 N–H and O–H groups in total. The fraction of sp³-hybridized carbons (Fsp3) is 0.267. The lowest BCUT2D eigenvalue weighted by atomic mass is 9.90. The Morgan fingerprint density at radius 3 is 2.59 bits per heavy atom. The molecule has 0 fully saturated rings. The number of hydrogen-bond acceptors (Lipinski definition) is 1. The minimum atomic E-state index is -0.860. The second kappa shape index (κ2) is 5.00. The molecule has 0 spiro atoms. The predicted molar refractivity (Wildman–Crippen MR) is 68.7 cm³/mol. The highest BCUT2D eigenvalue weighted by Gasteiger charge is 2.10. The van der Waals surface area contributed by atoms with Gasteiger partial charge in [-0.15, -0.1) is 0 Å². The van der Waals surface area contributed by atoms with Crippen LogP contribution in [0.5, 0.6) is 0 Å². The largest absolute Gasteiger partial charge is 0.478 e. The van der Waals surface area contributed by atoms with E-state index in [1.165, 1.54) is 22.8 Å². The smallest absolute Gasteiger partial charge is 0.328 e. The number of aryl methyl sites for hydroxylation is 1. The monoisotopic (exact) mass is 228 g/mol. The summed E-state index contributed by atoms with van der Waals surface area (Å²) in [5.41, 5.74) is 4.60. The maximum Gasteiger partial charge on any atom is 0.328 e. The third-order valence-electron chi connectivity index (χ3n) is 3.00. The lowest BCUT2D eigenvalue weighted by Gasteiger charge is -2.15. The van der Waals surface area contributed by atoms with Gasteiger partial charge in [-0.2, -0.15) is 0 Å². The van der Waals surface area contributed by atoms with Crippen molar-refractivity contribution in [2.75, 3.05) is 0 Å². The van der Waals surface area contributed by atoms with Crippen molar-refractivity contribution in [3.05, 3.63) is 53.1 Å². The Morgan fingerprint density at radius 1 is 1.24 bits per heavy atom. The molecule has 2 rings (SSSR count). The van der Waals surface area contributed by atoms with E-state index < -0.39 is 5.97 Å². The zero-order chi connectivity index (χ0) is 12.3. The summed E-state index contributed by atoms with van der Waals surface area (Å²) >= 11 is 0. The van der Waals surface area contributed by atoms with Gasteiger partial charge in [0.15, 0.2) is 0 Å². The van der Waals surface area contributed by atoms with E-state index >= 15 is 0 Å². The maximum absolute atomic E-state index is 10.6. The SMILES string of the molecule is Cc1ccc(C2=CC(=CC(=O)O)CCC2)cc1. The standard InChI is InChI=1S/C15H16O2/c1-11-5-7-13(8-6-11)14-4-2-3-12(9-14)10-15(16)17/h5-10H,2-4H2,1H3,(H,16,17). The second-order valence-corrected chi connectivity index (χ2v) is 4.45. The number of aliphatic carboxylic acids is 1. The summed E-state index contributed by atoms with van der Waals surface area (Å²) in [7, 11) is 0. The summed E-state index contributed by atoms with van der Waals surface area (Å²) in [5.74, 6) is -0.860. The van der Waals surface area contributed by atoms with Crippen molar-refractivity contribution in [2.24, 2.45) is 0 Å². The van der Waals surface area contributed by atoms with Gasteiger partial charge in [-0.1, -0.05) is 35.9 Å². The molecule has 1 aromatic rings. The van der Waals surface area contributed by atoms with E-state index in [0.29, 0.717) is 0 Å². The zero-order valence-electron chi connectivity index (χ0n) is 9.94. The summed E-state index contributed by atoms with van der Waals surface area (Å²) in [5, 5.41) is 8.75. The van der Waals surface area contributed by atoms with Crippen LogP contribution >= 0.6 is 0 Å². The average Bonchev–Trinajstić information content (AvgIpc) is 2.29. The van der Waals surface area contributed by atoms with Crippen LogP contribution in [0.15, 0.2) is 42.0 Å². The van der Waals surface area contributed by atoms with Crippen LogP contribution in [0.3, 0.4) is 0 Å². The van der Waals surface area contributed by atoms with Gasteiger partial charge in [0.05, 0.1) is 0 Å². The number of allylic oxidation sites excluding steroid dienone is 3. The molecular weight excluding hydrogens is 212 g/mol. The van der Waals surface area contributed by atoms with E-state index in [1.54, 1.807) is 0 Å². The predicted octanol–water partition coefficient (Wildman–Crippen LogP) is 3.57. The molecule has 0 radical (unpaired) electrons. The number of hydrogen-bond donors (Lipinski definition) is 1. The lowest BCUT2D eigenvalue weighted by Crippen LogP contribution is -1.98. The third kappa shape index (κ3) is 3.06. The first-order valence-corrected chi connectivity index (χ1v) is 5.86. The van der Waals surface area contributed by atoms with Gasteiger partial charge in [-0.25, -0.2) is 4.79 Å². The van der Waals surface area contributed by atoms with Gasteiger partial charge >= 0.3 is 5.97 Å². The highest BCUT2D eigenvalue weighted by molar-refractivity contribution is 5.82. The number of carboxylic acid groups (broad SMARTS) is 1. The minimum absolute atomic E-state index is 0.860. The van der Waals surface area contributed by atoms with Crippen molar-refractivity contribution in [1.82, 2.24) is 0 Å². The number of carboxylic acids is 1. The Labute approximate surface area is 101 Å². The molecule has 88 valence electrons. The molecule has 1 aliphatic rings. The van der Waals surface area contributed by atoms with Crippen molar-refractivity contribution < 1.29 is 9.90 Å². The normalized spacial score (nSPS) is 17.9. The molecule has 2 heteroatoms. The van der Waals surface area contributed by atoms with Crippen molar-refractivity contribution in [1.29, 1.82) is 0 Å². The fourth-order valence-electron chi connectivity index (χ4n) is 2.12. The Bertz CT molecular complexity index is 478. The van der Waals surface area contributed by atoms with Gasteiger partial charge in [-0.05, 0) is 42.9 Å². The lowest BCUT2D eigenvalue weighted by molar-refractivity contribution is -0.131. The second-order valence-electron chi connectivity index (χ2n) is 4.45. The molecule has 0 atom stereocenters. The summed E-state index contributed by atoms with van der Waals surface area (Å²) in [4.78, 5) is 10.6. The topological polar surface area (TPSA) is 37.3 Å². The van der Waals surface area contributed by atoms with E-state index in [1.807, 2.05) is 6.08 Å². The van der Waals surface area contributed by atoms with Crippen molar-refractivity contribution >= 4 is 11.5 Å². The molecule has 0 heterocycles. The van der Waals surface area contributed by atoms with Crippen molar-refractivity contribution in [3.8, 4) is 0 Å². The quantitative estimate of drug-likeness (QED) is 0.786. The molecule has 0 bridgehead atoms. The molecule has 17 heavy (non-hydrogen) atoms. The molecule has 0 saturated heterocycles. The third-order valence-corrected chi connectivity index (χ3v) is 3.00. The molecule has 0 saturated carbocycles. The van der Waals surface area contributed by atoms with Crippen LogP contribution < -0.4 is 0 Å². The van der Waals surface area contributed by atoms with Crippen LogP contribution in [0.4, 0.5) is 0 Å². The van der Waals surface area contributed by atoms with Crippen LogP contribution in [0.1, 0.15) is 30.4 Å². The van der Waals surface area contributed by atoms with Crippen molar-refractivity contribution in [2.45, 2.75) is 26.2 Å². The van der Waals surface area contributed by atoms with Crippen molar-refractivity contribution in [3.63, 3.8) is 0 Å². The zero-order valence-corrected chi connectivity index (χ0v) is 9.94. The van der Waals surface area contributed by atoms with Gasteiger partial charge in [0.25, 0.3) is 0 Å². The number of benzene rings is 1. The van der Waals surface area contributed by atoms with Crippen LogP contribution in [0.25, 0.3) is 5.57 Å². The molecule has 0 aromatic heterocycles. The van der Waals surface area contributed by atoms with Gasteiger partial charge in [0, 0.05) is 6.08 Å². The van der Waals surface area contributed by atoms with Gasteiger partial charge < -0.3 is 5.11 Å². The Morgan fingerprint density at radius 2 is 1.94 bits per heavy atom. The van der Waals surface area contributed by atoms with Crippen LogP contribution in [0.2, 0.25) is 0 Å².